The van der Waals surface area contributed by atoms with Crippen molar-refractivity contribution in [2.24, 2.45) is 5.92 Å². The molecular weight excluding hydrogens is 582 g/mol. The van der Waals surface area contributed by atoms with Crippen LogP contribution in [0.15, 0.2) is 22.3 Å². The molecule has 2 aliphatic rings. The second kappa shape index (κ2) is 17.5. The van der Waals surface area contributed by atoms with Crippen LogP contribution in [0.4, 0.5) is 4.79 Å². The summed E-state index contributed by atoms with van der Waals surface area (Å²) in [6, 6.07) is -2.64. The Morgan fingerprint density at radius 1 is 0.911 bits per heavy atom. The molecule has 13 nitrogen and oxygen atoms in total. The van der Waals surface area contributed by atoms with Gasteiger partial charge in [-0.25, -0.2) is 4.79 Å². The van der Waals surface area contributed by atoms with Crippen LogP contribution in [-0.2, 0) is 33.5 Å². The second-order valence-electron chi connectivity index (χ2n) is 12.3. The summed E-state index contributed by atoms with van der Waals surface area (Å²) in [5.41, 5.74) is 1.77. The van der Waals surface area contributed by atoms with Gasteiger partial charge in [-0.05, 0) is 79.1 Å². The number of carbonyl (C=O) groups excluding carboxylic acids is 7. The number of ketones is 2. The third-order valence-electron chi connectivity index (χ3n) is 8.10. The summed E-state index contributed by atoms with van der Waals surface area (Å²) in [5.74, 6) is -1.90. The van der Waals surface area contributed by atoms with Gasteiger partial charge in [-0.1, -0.05) is 13.8 Å². The Labute approximate surface area is 265 Å². The molecule has 13 heteroatoms. The number of Topliss-reactive ketones (excluding diaryl/α,β-unsaturated/α-hetero) is 2. The number of amides is 5. The van der Waals surface area contributed by atoms with Gasteiger partial charge in [-0.3, -0.25) is 28.8 Å². The molecule has 0 aromatic heterocycles. The Morgan fingerprint density at radius 2 is 1.58 bits per heavy atom. The lowest BCUT2D eigenvalue weighted by atomic mass is 9.84. The predicted octanol–water partition coefficient (Wildman–Crippen LogP) is 1.85. The monoisotopic (exact) mass is 631 g/mol. The summed E-state index contributed by atoms with van der Waals surface area (Å²) in [5, 5.41) is 10.9. The summed E-state index contributed by atoms with van der Waals surface area (Å²) in [7, 11) is 0. The number of likely N-dealkylation sites (tertiary alicyclic amines) is 1. The van der Waals surface area contributed by atoms with Gasteiger partial charge in [0.25, 0.3) is 0 Å². The second-order valence-corrected chi connectivity index (χ2v) is 12.3. The highest BCUT2D eigenvalue weighted by Gasteiger charge is 2.34. The van der Waals surface area contributed by atoms with Gasteiger partial charge in [0.15, 0.2) is 11.6 Å². The number of alkyl carbamates (subject to hydrolysis) is 1. The van der Waals surface area contributed by atoms with E-state index in [-0.39, 0.29) is 43.1 Å². The maximum Gasteiger partial charge on any atom is 0.407 e. The maximum absolute atomic E-state index is 13.3. The minimum absolute atomic E-state index is 0.0507. The number of nitrogens with zero attached hydrogens (tertiary/aromatic N) is 1. The van der Waals surface area contributed by atoms with Crippen LogP contribution in [0.25, 0.3) is 0 Å². The average molecular weight is 632 g/mol. The number of hydrogen-bond acceptors (Lipinski definition) is 8. The van der Waals surface area contributed by atoms with Crippen molar-refractivity contribution in [3.63, 3.8) is 0 Å². The van der Waals surface area contributed by atoms with E-state index in [1.165, 1.54) is 4.90 Å². The van der Waals surface area contributed by atoms with Crippen molar-refractivity contribution >= 4 is 41.8 Å². The number of carbonyl (C=O) groups is 7. The normalized spacial score (nSPS) is 18.2. The van der Waals surface area contributed by atoms with Crippen LogP contribution < -0.4 is 21.3 Å². The molecule has 4 N–H and O–H groups in total. The predicted molar refractivity (Wildman–Crippen MR) is 167 cm³/mol. The number of hydrogen-bond donors (Lipinski definition) is 4. The standard InChI is InChI=1S/C32H49N5O8/c1-18(2)26(36-30(42)25-13-9-15-37(25)17-38)31(43)35-24(29(41)34-19(3)4)12-8-14-33-32(44)45-16-10-11-23-22(7)27(39)20(5)21(6)28(23)40/h17-19,24-26H,8-16H2,1-7H3,(H,33,44)(H,34,41)(H,35,43)(H,36,42). The molecular formula is C32H49N5O8. The Hall–Kier alpha value is -4.03. The molecule has 1 aliphatic carbocycles. The van der Waals surface area contributed by atoms with Crippen molar-refractivity contribution in [3.8, 4) is 0 Å². The van der Waals surface area contributed by atoms with Gasteiger partial charge in [-0.2, -0.15) is 0 Å². The highest BCUT2D eigenvalue weighted by Crippen LogP contribution is 2.27. The fraction of sp³-hybridized carbons (Fsp3) is 0.656. The molecule has 1 aliphatic heterocycles. The van der Waals surface area contributed by atoms with Crippen LogP contribution in [0.3, 0.4) is 0 Å². The molecule has 0 aromatic carbocycles. The summed E-state index contributed by atoms with van der Waals surface area (Å²) in [6.45, 7) is 12.8. The van der Waals surface area contributed by atoms with Crippen molar-refractivity contribution in [2.75, 3.05) is 19.7 Å². The smallest absolute Gasteiger partial charge is 0.407 e. The Balaban J connectivity index is 1.86. The summed E-state index contributed by atoms with van der Waals surface area (Å²) < 4.78 is 5.21. The van der Waals surface area contributed by atoms with Gasteiger partial charge >= 0.3 is 6.09 Å². The molecule has 0 radical (unpaired) electrons. The molecule has 3 unspecified atom stereocenters. The quantitative estimate of drug-likeness (QED) is 0.113. The zero-order valence-corrected chi connectivity index (χ0v) is 27.5. The topological polar surface area (TPSA) is 180 Å². The zero-order chi connectivity index (χ0) is 33.8. The highest BCUT2D eigenvalue weighted by molar-refractivity contribution is 6.24. The van der Waals surface area contributed by atoms with Crippen molar-refractivity contribution in [3.05, 3.63) is 22.3 Å². The number of nitrogens with one attached hydrogen (secondary N) is 4. The first-order valence-electron chi connectivity index (χ1n) is 15.7. The van der Waals surface area contributed by atoms with E-state index in [1.807, 2.05) is 0 Å². The molecule has 0 aromatic rings. The first kappa shape index (κ1) is 37.2. The van der Waals surface area contributed by atoms with Crippen molar-refractivity contribution in [1.82, 2.24) is 26.2 Å². The molecule has 3 atom stereocenters. The fourth-order valence-corrected chi connectivity index (χ4v) is 5.31. The van der Waals surface area contributed by atoms with E-state index in [0.717, 1.165) is 0 Å². The van der Waals surface area contributed by atoms with Crippen molar-refractivity contribution in [1.29, 1.82) is 0 Å². The molecule has 1 saturated heterocycles. The van der Waals surface area contributed by atoms with E-state index < -0.39 is 41.9 Å². The molecule has 2 rings (SSSR count). The van der Waals surface area contributed by atoms with Crippen molar-refractivity contribution in [2.45, 2.75) is 111 Å². The number of ether oxygens (including phenoxy) is 1. The molecule has 250 valence electrons. The number of rotatable bonds is 16. The number of allylic oxidation sites excluding steroid dienone is 4. The zero-order valence-electron chi connectivity index (χ0n) is 27.5. The molecule has 0 bridgehead atoms. The lowest BCUT2D eigenvalue weighted by Crippen LogP contribution is -2.57. The largest absolute Gasteiger partial charge is 0.450 e. The molecule has 45 heavy (non-hydrogen) atoms. The minimum atomic E-state index is -0.917. The van der Waals surface area contributed by atoms with E-state index in [1.54, 1.807) is 48.5 Å². The lowest BCUT2D eigenvalue weighted by molar-refractivity contribution is -0.136. The maximum atomic E-state index is 13.3. The first-order valence-corrected chi connectivity index (χ1v) is 15.7. The minimum Gasteiger partial charge on any atom is -0.450 e. The molecule has 0 saturated carbocycles. The van der Waals surface area contributed by atoms with Crippen LogP contribution in [0.2, 0.25) is 0 Å². The van der Waals surface area contributed by atoms with Crippen LogP contribution in [0.1, 0.15) is 87.0 Å². The van der Waals surface area contributed by atoms with Gasteiger partial charge in [0, 0.05) is 41.4 Å². The third kappa shape index (κ3) is 10.5. The van der Waals surface area contributed by atoms with Crippen LogP contribution >= 0.6 is 0 Å². The lowest BCUT2D eigenvalue weighted by Gasteiger charge is -2.28. The van der Waals surface area contributed by atoms with Gasteiger partial charge in [-0.15, -0.1) is 0 Å². The summed E-state index contributed by atoms with van der Waals surface area (Å²) in [6.07, 6.45) is 2.43. The van der Waals surface area contributed by atoms with E-state index in [0.29, 0.717) is 67.4 Å². The highest BCUT2D eigenvalue weighted by atomic mass is 16.5. The van der Waals surface area contributed by atoms with E-state index >= 15 is 0 Å². The van der Waals surface area contributed by atoms with Crippen molar-refractivity contribution < 1.29 is 38.3 Å². The Bertz CT molecular complexity index is 1220. The summed E-state index contributed by atoms with van der Waals surface area (Å²) in [4.78, 5) is 88.8. The van der Waals surface area contributed by atoms with E-state index in [4.69, 9.17) is 4.74 Å². The van der Waals surface area contributed by atoms with Crippen LogP contribution in [-0.4, -0.2) is 90.6 Å². The van der Waals surface area contributed by atoms with Crippen LogP contribution in [0.5, 0.6) is 0 Å². The SMILES string of the molecule is CC1=C(C)C(=O)C(CCCOC(=O)NCCCC(NC(=O)C(NC(=O)C2CCCN2C=O)C(C)C)C(=O)NC(C)C)=C(C)C1=O. The molecule has 5 amide bonds. The van der Waals surface area contributed by atoms with Gasteiger partial charge < -0.3 is 30.9 Å². The van der Waals surface area contributed by atoms with Crippen LogP contribution in [0, 0.1) is 5.92 Å². The van der Waals surface area contributed by atoms with Gasteiger partial charge in [0.2, 0.25) is 24.1 Å². The average Bonchev–Trinajstić information content (AvgIpc) is 3.47. The van der Waals surface area contributed by atoms with Gasteiger partial charge in [0.05, 0.1) is 6.61 Å². The molecule has 0 spiro atoms. The fourth-order valence-electron chi connectivity index (χ4n) is 5.31. The first-order chi connectivity index (χ1) is 21.2. The third-order valence-corrected chi connectivity index (χ3v) is 8.10. The molecule has 1 fully saturated rings. The Kier molecular flexibility index (Phi) is 14.4. The summed E-state index contributed by atoms with van der Waals surface area (Å²) >= 11 is 0. The molecule has 1 heterocycles. The van der Waals surface area contributed by atoms with E-state index in [9.17, 15) is 33.6 Å². The van der Waals surface area contributed by atoms with Gasteiger partial charge in [0.1, 0.15) is 18.1 Å². The van der Waals surface area contributed by atoms with E-state index in [2.05, 4.69) is 21.3 Å². The Morgan fingerprint density at radius 3 is 2.20 bits per heavy atom.